The molecule has 0 amide bonds. The van der Waals surface area contributed by atoms with Crippen molar-refractivity contribution in [3.63, 3.8) is 0 Å². The molecule has 0 heterocycles. The lowest BCUT2D eigenvalue weighted by Crippen LogP contribution is -2.26. The molecule has 2 rings (SSSR count). The van der Waals surface area contributed by atoms with Gasteiger partial charge in [-0.05, 0) is 31.4 Å². The fraction of sp³-hybridized carbons (Fsp3) is 0.500. The summed E-state index contributed by atoms with van der Waals surface area (Å²) in [6.07, 6.45) is 1.96. The standard InChI is InChI=1S/C12H15Cl2NO2/c13-8-4-7(6-15)12(9(14)5-8)17-11-3-1-2-10(11)16/h4-5,10-11,16H,1-3,6,15H2. The Morgan fingerprint density at radius 3 is 2.71 bits per heavy atom. The van der Waals surface area contributed by atoms with Gasteiger partial charge >= 0.3 is 0 Å². The molecule has 0 saturated heterocycles. The molecule has 0 bridgehead atoms. The summed E-state index contributed by atoms with van der Waals surface area (Å²) < 4.78 is 5.77. The summed E-state index contributed by atoms with van der Waals surface area (Å²) in [4.78, 5) is 0. The average molecular weight is 276 g/mol. The maximum Gasteiger partial charge on any atom is 0.143 e. The van der Waals surface area contributed by atoms with E-state index in [0.29, 0.717) is 22.3 Å². The van der Waals surface area contributed by atoms with Crippen LogP contribution in [0.4, 0.5) is 0 Å². The van der Waals surface area contributed by atoms with Gasteiger partial charge in [0.05, 0.1) is 11.1 Å². The summed E-state index contributed by atoms with van der Waals surface area (Å²) in [7, 11) is 0. The van der Waals surface area contributed by atoms with Crippen molar-refractivity contribution in [2.75, 3.05) is 0 Å². The van der Waals surface area contributed by atoms with Gasteiger partial charge in [0.25, 0.3) is 0 Å². The van der Waals surface area contributed by atoms with Crippen LogP contribution in [0.3, 0.4) is 0 Å². The smallest absolute Gasteiger partial charge is 0.143 e. The maximum absolute atomic E-state index is 9.73. The summed E-state index contributed by atoms with van der Waals surface area (Å²) in [5.74, 6) is 0.546. The number of hydrogen-bond donors (Lipinski definition) is 2. The third kappa shape index (κ3) is 2.86. The van der Waals surface area contributed by atoms with E-state index in [-0.39, 0.29) is 6.10 Å². The molecule has 17 heavy (non-hydrogen) atoms. The fourth-order valence-corrected chi connectivity index (χ4v) is 2.67. The Hall–Kier alpha value is -0.480. The highest BCUT2D eigenvalue weighted by Crippen LogP contribution is 2.35. The molecule has 1 saturated carbocycles. The summed E-state index contributed by atoms with van der Waals surface area (Å²) in [5.41, 5.74) is 6.40. The zero-order valence-corrected chi connectivity index (χ0v) is 10.8. The third-order valence-electron chi connectivity index (χ3n) is 2.99. The maximum atomic E-state index is 9.73. The molecule has 5 heteroatoms. The van der Waals surface area contributed by atoms with Crippen molar-refractivity contribution in [2.24, 2.45) is 5.73 Å². The molecular weight excluding hydrogens is 261 g/mol. The minimum absolute atomic E-state index is 0.195. The number of nitrogens with two attached hydrogens (primary N) is 1. The van der Waals surface area contributed by atoms with Crippen LogP contribution < -0.4 is 10.5 Å². The van der Waals surface area contributed by atoms with E-state index in [1.54, 1.807) is 12.1 Å². The Morgan fingerprint density at radius 2 is 2.12 bits per heavy atom. The van der Waals surface area contributed by atoms with Gasteiger partial charge in [-0.1, -0.05) is 23.2 Å². The van der Waals surface area contributed by atoms with Crippen molar-refractivity contribution < 1.29 is 9.84 Å². The van der Waals surface area contributed by atoms with Crippen LogP contribution in [0.5, 0.6) is 5.75 Å². The minimum atomic E-state index is -0.424. The predicted molar refractivity (Wildman–Crippen MR) is 68.6 cm³/mol. The quantitative estimate of drug-likeness (QED) is 0.892. The monoisotopic (exact) mass is 275 g/mol. The molecule has 0 aliphatic heterocycles. The number of ether oxygens (including phenoxy) is 1. The van der Waals surface area contributed by atoms with Crippen LogP contribution in [0, 0.1) is 0 Å². The van der Waals surface area contributed by atoms with Crippen molar-refractivity contribution in [1.29, 1.82) is 0 Å². The molecule has 0 spiro atoms. The normalized spacial score (nSPS) is 24.0. The lowest BCUT2D eigenvalue weighted by atomic mass is 10.2. The Morgan fingerprint density at radius 1 is 1.35 bits per heavy atom. The van der Waals surface area contributed by atoms with Crippen molar-refractivity contribution in [3.05, 3.63) is 27.7 Å². The molecule has 2 unspecified atom stereocenters. The second kappa shape index (κ2) is 5.44. The van der Waals surface area contributed by atoms with Crippen molar-refractivity contribution in [1.82, 2.24) is 0 Å². The highest BCUT2D eigenvalue weighted by molar-refractivity contribution is 6.35. The number of hydrogen-bond acceptors (Lipinski definition) is 3. The van der Waals surface area contributed by atoms with E-state index in [1.807, 2.05) is 0 Å². The van der Waals surface area contributed by atoms with Gasteiger partial charge in [0.1, 0.15) is 11.9 Å². The number of aliphatic hydroxyl groups is 1. The van der Waals surface area contributed by atoms with Gasteiger partial charge < -0.3 is 15.6 Å². The first-order valence-corrected chi connectivity index (χ1v) is 6.40. The summed E-state index contributed by atoms with van der Waals surface area (Å²) in [6, 6.07) is 3.36. The van der Waals surface area contributed by atoms with Crippen LogP contribution in [0.15, 0.2) is 12.1 Å². The molecule has 2 atom stereocenters. The Kier molecular flexibility index (Phi) is 4.15. The number of aliphatic hydroxyl groups excluding tert-OH is 1. The number of benzene rings is 1. The third-order valence-corrected chi connectivity index (χ3v) is 3.49. The van der Waals surface area contributed by atoms with E-state index in [1.165, 1.54) is 0 Å². The van der Waals surface area contributed by atoms with E-state index in [0.717, 1.165) is 24.8 Å². The molecule has 1 aromatic carbocycles. The average Bonchev–Trinajstić information content (AvgIpc) is 2.68. The van der Waals surface area contributed by atoms with Gasteiger partial charge in [-0.2, -0.15) is 0 Å². The highest BCUT2D eigenvalue weighted by Gasteiger charge is 2.28. The molecule has 1 aliphatic rings. The number of rotatable bonds is 3. The zero-order chi connectivity index (χ0) is 12.4. The second-order valence-corrected chi connectivity index (χ2v) is 5.08. The minimum Gasteiger partial charge on any atom is -0.486 e. The van der Waals surface area contributed by atoms with Crippen LogP contribution in [0.25, 0.3) is 0 Å². The van der Waals surface area contributed by atoms with E-state index in [4.69, 9.17) is 33.7 Å². The van der Waals surface area contributed by atoms with Crippen LogP contribution in [-0.4, -0.2) is 17.3 Å². The summed E-state index contributed by atoms with van der Waals surface area (Å²) in [5, 5.41) is 10.7. The predicted octanol–water partition coefficient (Wildman–Crippen LogP) is 2.74. The molecule has 0 radical (unpaired) electrons. The topological polar surface area (TPSA) is 55.5 Å². The Bertz CT molecular complexity index is 412. The van der Waals surface area contributed by atoms with Crippen molar-refractivity contribution in [3.8, 4) is 5.75 Å². The SMILES string of the molecule is NCc1cc(Cl)cc(Cl)c1OC1CCCC1O. The number of halogens is 2. The van der Waals surface area contributed by atoms with Crippen LogP contribution >= 0.6 is 23.2 Å². The van der Waals surface area contributed by atoms with Gasteiger partial charge in [-0.3, -0.25) is 0 Å². The molecule has 1 aliphatic carbocycles. The van der Waals surface area contributed by atoms with Crippen molar-refractivity contribution in [2.45, 2.75) is 38.0 Å². The first-order chi connectivity index (χ1) is 8.11. The molecule has 1 fully saturated rings. The summed E-state index contributed by atoms with van der Waals surface area (Å²) in [6.45, 7) is 0.304. The Labute approximate surface area is 110 Å². The van der Waals surface area contributed by atoms with Gasteiger partial charge in [0, 0.05) is 17.1 Å². The van der Waals surface area contributed by atoms with Gasteiger partial charge in [-0.15, -0.1) is 0 Å². The molecular formula is C12H15Cl2NO2. The lowest BCUT2D eigenvalue weighted by molar-refractivity contribution is 0.0599. The molecule has 0 aromatic heterocycles. The van der Waals surface area contributed by atoms with Gasteiger partial charge in [0.2, 0.25) is 0 Å². The first kappa shape index (κ1) is 13.0. The zero-order valence-electron chi connectivity index (χ0n) is 9.33. The summed E-state index contributed by atoms with van der Waals surface area (Å²) >= 11 is 12.0. The van der Waals surface area contributed by atoms with Crippen LogP contribution in [0.2, 0.25) is 10.0 Å². The molecule has 1 aromatic rings. The first-order valence-electron chi connectivity index (χ1n) is 5.64. The molecule has 3 nitrogen and oxygen atoms in total. The Balaban J connectivity index is 2.25. The van der Waals surface area contributed by atoms with E-state index in [9.17, 15) is 5.11 Å². The largest absolute Gasteiger partial charge is 0.486 e. The van der Waals surface area contributed by atoms with E-state index in [2.05, 4.69) is 0 Å². The van der Waals surface area contributed by atoms with E-state index >= 15 is 0 Å². The molecule has 3 N–H and O–H groups in total. The second-order valence-electron chi connectivity index (χ2n) is 4.23. The van der Waals surface area contributed by atoms with Gasteiger partial charge in [-0.25, -0.2) is 0 Å². The van der Waals surface area contributed by atoms with Gasteiger partial charge in [0.15, 0.2) is 0 Å². The van der Waals surface area contributed by atoms with Crippen LogP contribution in [-0.2, 0) is 6.54 Å². The van der Waals surface area contributed by atoms with E-state index < -0.39 is 6.10 Å². The van der Waals surface area contributed by atoms with Crippen molar-refractivity contribution >= 4 is 23.2 Å². The molecule has 94 valence electrons. The van der Waals surface area contributed by atoms with Crippen LogP contribution in [0.1, 0.15) is 24.8 Å². The fourth-order valence-electron chi connectivity index (χ4n) is 2.09. The highest BCUT2D eigenvalue weighted by atomic mass is 35.5. The lowest BCUT2D eigenvalue weighted by Gasteiger charge is -2.20.